The topological polar surface area (TPSA) is 71.1 Å². The lowest BCUT2D eigenvalue weighted by Gasteiger charge is -2.09. The van der Waals surface area contributed by atoms with Crippen molar-refractivity contribution in [3.63, 3.8) is 0 Å². The summed E-state index contributed by atoms with van der Waals surface area (Å²) in [6.07, 6.45) is 1.34. The Hall–Kier alpha value is -4.13. The molecular formula is C24H17FO6. The quantitative estimate of drug-likeness (QED) is 0.339. The van der Waals surface area contributed by atoms with Gasteiger partial charge in [-0.2, -0.15) is 0 Å². The number of halogens is 1. The van der Waals surface area contributed by atoms with Crippen molar-refractivity contribution < 1.29 is 32.9 Å². The Morgan fingerprint density at radius 1 is 0.935 bits per heavy atom. The molecule has 7 heteroatoms. The van der Waals surface area contributed by atoms with Crippen LogP contribution in [0.2, 0.25) is 0 Å². The number of hydrogen-bond donors (Lipinski definition) is 0. The lowest BCUT2D eigenvalue weighted by atomic mass is 10.1. The monoisotopic (exact) mass is 420 g/mol. The number of methoxy groups -OCH3 is 2. The van der Waals surface area contributed by atoms with Gasteiger partial charge >= 0.3 is 5.97 Å². The number of carbonyl (C=O) groups excluding carboxylic acids is 2. The molecule has 0 spiro atoms. The number of rotatable bonds is 5. The fraction of sp³-hybridized carbons (Fsp3) is 0.0833. The molecule has 156 valence electrons. The van der Waals surface area contributed by atoms with Crippen LogP contribution in [0.5, 0.6) is 23.0 Å². The standard InChI is InChI=1S/C24H17FO6/c1-28-17-9-15(10-18(12-17)29-2)24(27)30-16-7-8-19-21(13-16)31-22(23(19)26)11-14-5-3-4-6-20(14)25/h3-13H,1-2H3/b22-11-. The van der Waals surface area contributed by atoms with Gasteiger partial charge in [-0.05, 0) is 36.4 Å². The van der Waals surface area contributed by atoms with Gasteiger partial charge < -0.3 is 18.9 Å². The minimum atomic E-state index is -0.636. The van der Waals surface area contributed by atoms with Crippen molar-refractivity contribution in [2.24, 2.45) is 0 Å². The van der Waals surface area contributed by atoms with E-state index in [0.29, 0.717) is 17.1 Å². The predicted molar refractivity (Wildman–Crippen MR) is 110 cm³/mol. The van der Waals surface area contributed by atoms with Gasteiger partial charge in [-0.3, -0.25) is 4.79 Å². The lowest BCUT2D eigenvalue weighted by molar-refractivity contribution is 0.0733. The molecule has 0 aromatic heterocycles. The van der Waals surface area contributed by atoms with E-state index in [2.05, 4.69) is 0 Å². The molecule has 4 rings (SSSR count). The SMILES string of the molecule is COc1cc(OC)cc(C(=O)Oc2ccc3c(c2)O/C(=C\c2ccccc2F)C3=O)c1. The maximum absolute atomic E-state index is 13.9. The highest BCUT2D eigenvalue weighted by Crippen LogP contribution is 2.35. The number of Topliss-reactive ketones (excluding diaryl/α,β-unsaturated/α-hetero) is 1. The van der Waals surface area contributed by atoms with E-state index >= 15 is 0 Å². The van der Waals surface area contributed by atoms with Crippen LogP contribution < -0.4 is 18.9 Å². The van der Waals surface area contributed by atoms with Crippen LogP contribution in [-0.2, 0) is 0 Å². The van der Waals surface area contributed by atoms with Gasteiger partial charge in [0, 0.05) is 17.7 Å². The number of ether oxygens (including phenoxy) is 4. The molecule has 0 bridgehead atoms. The Morgan fingerprint density at radius 2 is 1.65 bits per heavy atom. The van der Waals surface area contributed by atoms with Crippen LogP contribution in [-0.4, -0.2) is 26.0 Å². The molecule has 0 radical (unpaired) electrons. The summed E-state index contributed by atoms with van der Waals surface area (Å²) in [5.74, 6) is -0.204. The first-order valence-corrected chi connectivity index (χ1v) is 9.26. The Bertz CT molecular complexity index is 1190. The summed E-state index contributed by atoms with van der Waals surface area (Å²) in [5, 5.41) is 0. The summed E-state index contributed by atoms with van der Waals surface area (Å²) in [6.45, 7) is 0. The fourth-order valence-electron chi connectivity index (χ4n) is 3.06. The van der Waals surface area contributed by atoms with Crippen LogP contribution in [0.4, 0.5) is 4.39 Å². The van der Waals surface area contributed by atoms with E-state index in [4.69, 9.17) is 18.9 Å². The van der Waals surface area contributed by atoms with Gasteiger partial charge in [0.2, 0.25) is 5.78 Å². The Kier molecular flexibility index (Phi) is 5.41. The van der Waals surface area contributed by atoms with Crippen molar-refractivity contribution in [2.75, 3.05) is 14.2 Å². The summed E-state index contributed by atoms with van der Waals surface area (Å²) >= 11 is 0. The van der Waals surface area contributed by atoms with Gasteiger partial charge in [-0.15, -0.1) is 0 Å². The van der Waals surface area contributed by atoms with Crippen LogP contribution in [0.15, 0.2) is 66.4 Å². The predicted octanol–water partition coefficient (Wildman–Crippen LogP) is 4.68. The van der Waals surface area contributed by atoms with Crippen LogP contribution in [0.25, 0.3) is 6.08 Å². The second-order valence-electron chi connectivity index (χ2n) is 6.61. The van der Waals surface area contributed by atoms with E-state index in [0.717, 1.165) is 0 Å². The zero-order valence-corrected chi connectivity index (χ0v) is 16.7. The number of ketones is 1. The van der Waals surface area contributed by atoms with E-state index in [-0.39, 0.29) is 34.2 Å². The molecule has 1 aliphatic heterocycles. The van der Waals surface area contributed by atoms with Crippen LogP contribution in [0.3, 0.4) is 0 Å². The van der Waals surface area contributed by atoms with Crippen molar-refractivity contribution in [2.45, 2.75) is 0 Å². The average Bonchev–Trinajstić information content (AvgIpc) is 3.09. The molecule has 0 saturated carbocycles. The zero-order valence-electron chi connectivity index (χ0n) is 16.7. The van der Waals surface area contributed by atoms with Gasteiger partial charge in [0.15, 0.2) is 5.76 Å². The molecule has 0 unspecified atom stereocenters. The Balaban J connectivity index is 1.56. The van der Waals surface area contributed by atoms with Crippen LogP contribution >= 0.6 is 0 Å². The third-order valence-electron chi connectivity index (χ3n) is 4.63. The van der Waals surface area contributed by atoms with Crippen molar-refractivity contribution in [3.8, 4) is 23.0 Å². The third kappa shape index (κ3) is 4.11. The van der Waals surface area contributed by atoms with Crippen LogP contribution in [0, 0.1) is 5.82 Å². The fourth-order valence-corrected chi connectivity index (χ4v) is 3.06. The van der Waals surface area contributed by atoms with E-state index in [1.54, 1.807) is 18.2 Å². The van der Waals surface area contributed by atoms with Gasteiger partial charge in [-0.25, -0.2) is 9.18 Å². The van der Waals surface area contributed by atoms with Gasteiger partial charge in [0.1, 0.15) is 28.8 Å². The van der Waals surface area contributed by atoms with Gasteiger partial charge in [-0.1, -0.05) is 18.2 Å². The number of allylic oxidation sites excluding steroid dienone is 1. The minimum Gasteiger partial charge on any atom is -0.497 e. The molecule has 1 heterocycles. The third-order valence-corrected chi connectivity index (χ3v) is 4.63. The zero-order chi connectivity index (χ0) is 22.0. The van der Waals surface area contributed by atoms with Gasteiger partial charge in [0.25, 0.3) is 0 Å². The summed E-state index contributed by atoms with van der Waals surface area (Å²) in [6, 6.07) is 15.1. The van der Waals surface area contributed by atoms with Crippen molar-refractivity contribution in [1.82, 2.24) is 0 Å². The van der Waals surface area contributed by atoms with Crippen molar-refractivity contribution in [1.29, 1.82) is 0 Å². The summed E-state index contributed by atoms with van der Waals surface area (Å²) in [7, 11) is 2.95. The molecule has 0 fully saturated rings. The highest BCUT2D eigenvalue weighted by Gasteiger charge is 2.28. The summed E-state index contributed by atoms with van der Waals surface area (Å²) in [5.41, 5.74) is 0.761. The number of hydrogen-bond acceptors (Lipinski definition) is 6. The number of benzene rings is 3. The smallest absolute Gasteiger partial charge is 0.343 e. The number of esters is 1. The highest BCUT2D eigenvalue weighted by molar-refractivity contribution is 6.14. The Labute approximate surface area is 177 Å². The molecule has 1 aliphatic rings. The first-order chi connectivity index (χ1) is 15.0. The first kappa shape index (κ1) is 20.2. The Morgan fingerprint density at radius 3 is 2.32 bits per heavy atom. The second-order valence-corrected chi connectivity index (χ2v) is 6.61. The number of fused-ring (bicyclic) bond motifs is 1. The molecule has 0 aliphatic carbocycles. The normalized spacial score (nSPS) is 13.5. The number of carbonyl (C=O) groups is 2. The molecule has 0 N–H and O–H groups in total. The van der Waals surface area contributed by atoms with E-state index in [1.807, 2.05) is 0 Å². The van der Waals surface area contributed by atoms with Gasteiger partial charge in [0.05, 0.1) is 25.3 Å². The molecule has 3 aromatic carbocycles. The van der Waals surface area contributed by atoms with E-state index < -0.39 is 11.8 Å². The highest BCUT2D eigenvalue weighted by atomic mass is 19.1. The molecule has 0 atom stereocenters. The van der Waals surface area contributed by atoms with Crippen molar-refractivity contribution in [3.05, 3.63) is 88.9 Å². The van der Waals surface area contributed by atoms with E-state index in [9.17, 15) is 14.0 Å². The molecule has 6 nitrogen and oxygen atoms in total. The maximum atomic E-state index is 13.9. The minimum absolute atomic E-state index is 0.0129. The lowest BCUT2D eigenvalue weighted by Crippen LogP contribution is -2.09. The van der Waals surface area contributed by atoms with E-state index in [1.165, 1.54) is 62.8 Å². The molecule has 0 saturated heterocycles. The molecule has 3 aromatic rings. The second kappa shape index (κ2) is 8.31. The maximum Gasteiger partial charge on any atom is 0.343 e. The molecular weight excluding hydrogens is 403 g/mol. The molecule has 31 heavy (non-hydrogen) atoms. The van der Waals surface area contributed by atoms with Crippen LogP contribution in [0.1, 0.15) is 26.3 Å². The van der Waals surface area contributed by atoms with Crippen molar-refractivity contribution >= 4 is 17.8 Å². The largest absolute Gasteiger partial charge is 0.497 e. The molecule has 0 amide bonds. The average molecular weight is 420 g/mol. The summed E-state index contributed by atoms with van der Waals surface area (Å²) in [4.78, 5) is 25.1. The summed E-state index contributed by atoms with van der Waals surface area (Å²) < 4.78 is 35.2. The first-order valence-electron chi connectivity index (χ1n) is 9.26.